The first-order chi connectivity index (χ1) is 6.67. The third kappa shape index (κ3) is 2.01. The first-order valence-corrected chi connectivity index (χ1v) is 4.99. The van der Waals surface area contributed by atoms with Crippen molar-refractivity contribution in [3.63, 3.8) is 0 Å². The lowest BCUT2D eigenvalue weighted by molar-refractivity contribution is 0.362. The molecule has 1 aromatic rings. The van der Waals surface area contributed by atoms with Crippen molar-refractivity contribution >= 4 is 5.82 Å². The highest BCUT2D eigenvalue weighted by atomic mass is 15.3. The quantitative estimate of drug-likeness (QED) is 0.715. The summed E-state index contributed by atoms with van der Waals surface area (Å²) in [4.78, 5) is 2.24. The molecule has 1 fully saturated rings. The molecule has 0 aliphatic carbocycles. The second-order valence-corrected chi connectivity index (χ2v) is 4.22. The van der Waals surface area contributed by atoms with Gasteiger partial charge in [0.25, 0.3) is 0 Å². The lowest BCUT2D eigenvalue weighted by atomic mass is 9.91. The topological polar surface area (TPSA) is 55.0 Å². The smallest absolute Gasteiger partial charge is 0.151 e. The molecule has 2 rings (SSSR count). The Morgan fingerprint density at radius 2 is 2.14 bits per heavy atom. The molecule has 1 aromatic heterocycles. The van der Waals surface area contributed by atoms with Crippen LogP contribution in [0.1, 0.15) is 19.8 Å². The maximum absolute atomic E-state index is 6.06. The van der Waals surface area contributed by atoms with Crippen LogP contribution in [0.15, 0.2) is 18.3 Å². The minimum atomic E-state index is -0.00128. The molecule has 0 radical (unpaired) electrons. The van der Waals surface area contributed by atoms with Gasteiger partial charge in [0.05, 0.1) is 0 Å². The van der Waals surface area contributed by atoms with Crippen LogP contribution in [0.25, 0.3) is 0 Å². The van der Waals surface area contributed by atoms with E-state index in [0.29, 0.717) is 0 Å². The molecule has 1 aliphatic rings. The van der Waals surface area contributed by atoms with E-state index in [1.165, 1.54) is 0 Å². The lowest BCUT2D eigenvalue weighted by Crippen LogP contribution is -2.48. The average molecular weight is 192 g/mol. The second kappa shape index (κ2) is 3.53. The zero-order valence-electron chi connectivity index (χ0n) is 8.48. The van der Waals surface area contributed by atoms with Gasteiger partial charge in [-0.05, 0) is 31.9 Å². The number of piperidine rings is 1. The van der Waals surface area contributed by atoms with Crippen molar-refractivity contribution in [2.75, 3.05) is 18.0 Å². The molecule has 4 heteroatoms. The summed E-state index contributed by atoms with van der Waals surface area (Å²) in [7, 11) is 0. The number of rotatable bonds is 1. The Bertz CT molecular complexity index is 286. The minimum absolute atomic E-state index is 0.00128. The van der Waals surface area contributed by atoms with E-state index in [1.807, 2.05) is 12.1 Å². The van der Waals surface area contributed by atoms with Crippen LogP contribution in [-0.2, 0) is 0 Å². The van der Waals surface area contributed by atoms with Crippen molar-refractivity contribution in [1.29, 1.82) is 0 Å². The van der Waals surface area contributed by atoms with Gasteiger partial charge in [-0.25, -0.2) is 0 Å². The van der Waals surface area contributed by atoms with Crippen molar-refractivity contribution < 1.29 is 0 Å². The van der Waals surface area contributed by atoms with Crippen LogP contribution >= 0.6 is 0 Å². The molecule has 76 valence electrons. The fraction of sp³-hybridized carbons (Fsp3) is 0.600. The SMILES string of the molecule is CC1(N)CCN(c2cccnn2)CC1. The number of nitrogens with two attached hydrogens (primary N) is 1. The molecule has 14 heavy (non-hydrogen) atoms. The zero-order valence-corrected chi connectivity index (χ0v) is 8.48. The molecule has 0 aromatic carbocycles. The van der Waals surface area contributed by atoms with Crippen LogP contribution in [0, 0.1) is 0 Å². The molecule has 0 amide bonds. The van der Waals surface area contributed by atoms with Crippen molar-refractivity contribution in [2.24, 2.45) is 5.73 Å². The van der Waals surface area contributed by atoms with Crippen molar-refractivity contribution in [3.05, 3.63) is 18.3 Å². The molecule has 0 atom stereocenters. The fourth-order valence-corrected chi connectivity index (χ4v) is 1.71. The molecule has 2 N–H and O–H groups in total. The largest absolute Gasteiger partial charge is 0.355 e. The second-order valence-electron chi connectivity index (χ2n) is 4.22. The summed E-state index contributed by atoms with van der Waals surface area (Å²) < 4.78 is 0. The highest BCUT2D eigenvalue weighted by Crippen LogP contribution is 2.21. The van der Waals surface area contributed by atoms with Crippen molar-refractivity contribution in [3.8, 4) is 0 Å². The minimum Gasteiger partial charge on any atom is -0.355 e. The summed E-state index contributed by atoms with van der Waals surface area (Å²) in [5.74, 6) is 0.961. The predicted octanol–water partition coefficient (Wildman–Crippen LogP) is 0.794. The molecule has 4 nitrogen and oxygen atoms in total. The standard InChI is InChI=1S/C10H16N4/c1-10(11)4-7-14(8-5-10)9-3-2-6-12-13-9/h2-3,6H,4-5,7-8,11H2,1H3. The summed E-state index contributed by atoms with van der Waals surface area (Å²) in [6.07, 6.45) is 3.73. The van der Waals surface area contributed by atoms with Crippen LogP contribution < -0.4 is 10.6 Å². The molecule has 2 heterocycles. The summed E-state index contributed by atoms with van der Waals surface area (Å²) in [6, 6.07) is 3.91. The first-order valence-electron chi connectivity index (χ1n) is 4.99. The maximum atomic E-state index is 6.06. The van der Waals surface area contributed by atoms with Crippen molar-refractivity contribution in [2.45, 2.75) is 25.3 Å². The van der Waals surface area contributed by atoms with Crippen LogP contribution in [0.3, 0.4) is 0 Å². The van der Waals surface area contributed by atoms with E-state index < -0.39 is 0 Å². The van der Waals surface area contributed by atoms with Gasteiger partial charge in [-0.3, -0.25) is 0 Å². The fourth-order valence-electron chi connectivity index (χ4n) is 1.71. The summed E-state index contributed by atoms with van der Waals surface area (Å²) in [5, 5.41) is 7.96. The van der Waals surface area contributed by atoms with E-state index in [0.717, 1.165) is 31.7 Å². The molecule has 0 saturated carbocycles. The van der Waals surface area contributed by atoms with Crippen LogP contribution in [0.4, 0.5) is 5.82 Å². The number of aromatic nitrogens is 2. The Labute approximate surface area is 84.1 Å². The number of anilines is 1. The molecular formula is C10H16N4. The van der Waals surface area contributed by atoms with Gasteiger partial charge in [0.1, 0.15) is 0 Å². The summed E-state index contributed by atoms with van der Waals surface area (Å²) >= 11 is 0. The first kappa shape index (κ1) is 9.40. The summed E-state index contributed by atoms with van der Waals surface area (Å²) in [6.45, 7) is 4.07. The molecule has 0 bridgehead atoms. The Balaban J connectivity index is 2.03. The zero-order chi connectivity index (χ0) is 10.0. The van der Waals surface area contributed by atoms with Gasteiger partial charge in [0.15, 0.2) is 5.82 Å². The highest BCUT2D eigenvalue weighted by Gasteiger charge is 2.26. The van der Waals surface area contributed by atoms with Gasteiger partial charge >= 0.3 is 0 Å². The Hall–Kier alpha value is -1.16. The third-order valence-electron chi connectivity index (χ3n) is 2.79. The Morgan fingerprint density at radius 3 is 2.71 bits per heavy atom. The van der Waals surface area contributed by atoms with Crippen molar-refractivity contribution in [1.82, 2.24) is 10.2 Å². The van der Waals surface area contributed by atoms with Crippen LogP contribution in [0.5, 0.6) is 0 Å². The molecular weight excluding hydrogens is 176 g/mol. The highest BCUT2D eigenvalue weighted by molar-refractivity contribution is 5.37. The summed E-state index contributed by atoms with van der Waals surface area (Å²) in [5.41, 5.74) is 6.05. The van der Waals surface area contributed by atoms with Gasteiger partial charge < -0.3 is 10.6 Å². The third-order valence-corrected chi connectivity index (χ3v) is 2.79. The van der Waals surface area contributed by atoms with Gasteiger partial charge in [-0.1, -0.05) is 0 Å². The Morgan fingerprint density at radius 1 is 1.43 bits per heavy atom. The van der Waals surface area contributed by atoms with E-state index in [-0.39, 0.29) is 5.54 Å². The monoisotopic (exact) mass is 192 g/mol. The van der Waals surface area contributed by atoms with E-state index in [4.69, 9.17) is 5.73 Å². The molecule has 1 saturated heterocycles. The number of nitrogens with zero attached hydrogens (tertiary/aromatic N) is 3. The van der Waals surface area contributed by atoms with E-state index in [9.17, 15) is 0 Å². The predicted molar refractivity (Wildman–Crippen MR) is 56.1 cm³/mol. The van der Waals surface area contributed by atoms with Crippen LogP contribution in [-0.4, -0.2) is 28.8 Å². The number of hydrogen-bond acceptors (Lipinski definition) is 4. The molecule has 0 spiro atoms. The lowest BCUT2D eigenvalue weighted by Gasteiger charge is -2.37. The molecule has 1 aliphatic heterocycles. The van der Waals surface area contributed by atoms with Gasteiger partial charge in [-0.15, -0.1) is 5.10 Å². The van der Waals surface area contributed by atoms with E-state index in [2.05, 4.69) is 22.0 Å². The van der Waals surface area contributed by atoms with E-state index >= 15 is 0 Å². The van der Waals surface area contributed by atoms with Crippen LogP contribution in [0.2, 0.25) is 0 Å². The van der Waals surface area contributed by atoms with Gasteiger partial charge in [0, 0.05) is 24.8 Å². The molecule has 0 unspecified atom stereocenters. The van der Waals surface area contributed by atoms with Gasteiger partial charge in [-0.2, -0.15) is 5.10 Å². The normalized spacial score (nSPS) is 20.9. The maximum Gasteiger partial charge on any atom is 0.151 e. The van der Waals surface area contributed by atoms with E-state index in [1.54, 1.807) is 6.20 Å². The average Bonchev–Trinajstić information content (AvgIpc) is 2.19. The van der Waals surface area contributed by atoms with Gasteiger partial charge in [0.2, 0.25) is 0 Å². The Kier molecular flexibility index (Phi) is 2.37. The number of hydrogen-bond donors (Lipinski definition) is 1.